The molecule has 0 N–H and O–H groups in total. The molecular weight excluding hydrogens is 729 g/mol. The number of benzene rings is 6. The number of rotatable bonds is 12. The summed E-state index contributed by atoms with van der Waals surface area (Å²) in [6.45, 7) is 5.05. The molecule has 1 heterocycles. The normalized spacial score (nSPS) is 13.7. The minimum Gasteiger partial charge on any atom is -0.300 e. The van der Waals surface area contributed by atoms with Crippen molar-refractivity contribution >= 4 is 42.5 Å². The minimum atomic E-state index is -2.78. The van der Waals surface area contributed by atoms with Crippen molar-refractivity contribution in [3.05, 3.63) is 199 Å². The number of piperidine rings is 1. The molecule has 0 atom stereocenters. The first kappa shape index (κ1) is 40.1. The Balaban J connectivity index is 0.000000185. The minimum absolute atomic E-state index is 0.411. The molecule has 274 valence electrons. The van der Waals surface area contributed by atoms with Crippen molar-refractivity contribution in [1.29, 1.82) is 0 Å². The van der Waals surface area contributed by atoms with Gasteiger partial charge in [0.2, 0.25) is 0 Å². The number of ketones is 1. The molecule has 53 heavy (non-hydrogen) atoms. The number of nitrogens with zero attached hydrogens (tertiary/aromatic N) is 1. The van der Waals surface area contributed by atoms with Crippen LogP contribution < -0.4 is 15.9 Å². The van der Waals surface area contributed by atoms with Gasteiger partial charge in [-0.05, 0) is 24.0 Å². The number of unbranched alkanes of at least 4 members (excludes halogenated alkanes) is 1. The molecule has 0 saturated carbocycles. The molecule has 7 rings (SSSR count). The van der Waals surface area contributed by atoms with Gasteiger partial charge in [0.1, 0.15) is 5.78 Å². The molecule has 6 aromatic rings. The van der Waals surface area contributed by atoms with E-state index in [0.717, 1.165) is 51.5 Å². The molecule has 0 spiro atoms. The Hall–Kier alpha value is -4.14. The SMILES string of the molecule is BrP(CCCc1ccccc1)(c1ccccc1)(c1ccccc1)c1ccccc1.CCCCc1ccccc1.O=C1CCN(Cc2ccccc2)CC1. The van der Waals surface area contributed by atoms with Gasteiger partial charge in [-0.15, -0.1) is 0 Å². The molecule has 0 radical (unpaired) electrons. The van der Waals surface area contributed by atoms with Crippen LogP contribution in [-0.2, 0) is 24.2 Å². The summed E-state index contributed by atoms with van der Waals surface area (Å²) in [6, 6.07) is 65.0. The second-order valence-corrected chi connectivity index (χ2v) is 23.0. The van der Waals surface area contributed by atoms with Crippen LogP contribution in [0.4, 0.5) is 0 Å². The Bertz CT molecular complexity index is 1780. The van der Waals surface area contributed by atoms with E-state index in [9.17, 15) is 4.79 Å². The Morgan fingerprint density at radius 1 is 0.491 bits per heavy atom. The zero-order valence-corrected chi connectivity index (χ0v) is 33.8. The standard InChI is InChI=1S/C27H26BrP.C12H15NO.C10H14/c28-29(25-17-7-2-8-18-25,26-19-9-3-10-20-26,27-21-11-4-12-22-27)23-13-16-24-14-5-1-6-15-24;14-12-6-8-13(9-7-12)10-11-4-2-1-3-5-11;1-2-3-7-10-8-5-4-6-9-10/h1-12,14-15,17-22H,13,16,23H2;1-5H,6-10H2;4-6,8-9H,2-3,7H2,1H3. The third-order valence-corrected chi connectivity index (χ3v) is 20.1. The summed E-state index contributed by atoms with van der Waals surface area (Å²) in [6.07, 6.45) is 8.57. The maximum atomic E-state index is 11.0. The molecule has 0 bridgehead atoms. The summed E-state index contributed by atoms with van der Waals surface area (Å²) >= 11 is 4.52. The van der Waals surface area contributed by atoms with Gasteiger partial charge >= 0.3 is 183 Å². The summed E-state index contributed by atoms with van der Waals surface area (Å²) in [4.78, 5) is 13.4. The van der Waals surface area contributed by atoms with E-state index >= 15 is 0 Å². The van der Waals surface area contributed by atoms with Gasteiger partial charge < -0.3 is 0 Å². The van der Waals surface area contributed by atoms with E-state index in [1.54, 1.807) is 0 Å². The fraction of sp³-hybridized carbons (Fsp3) is 0.245. The van der Waals surface area contributed by atoms with Crippen molar-refractivity contribution in [2.75, 3.05) is 19.3 Å². The predicted octanol–water partition coefficient (Wildman–Crippen LogP) is 11.3. The second-order valence-electron chi connectivity index (χ2n) is 13.9. The van der Waals surface area contributed by atoms with Crippen molar-refractivity contribution in [2.24, 2.45) is 0 Å². The summed E-state index contributed by atoms with van der Waals surface area (Å²) < 4.78 is 0. The van der Waals surface area contributed by atoms with E-state index < -0.39 is 5.31 Å². The molecule has 0 amide bonds. The maximum Gasteiger partial charge on any atom is 0.135 e. The third-order valence-electron chi connectivity index (χ3n) is 10.1. The molecule has 4 heteroatoms. The summed E-state index contributed by atoms with van der Waals surface area (Å²) in [5.74, 6) is 0.411. The predicted molar refractivity (Wildman–Crippen MR) is 235 cm³/mol. The molecule has 0 aliphatic carbocycles. The van der Waals surface area contributed by atoms with Gasteiger partial charge in [0.05, 0.1) is 0 Å². The van der Waals surface area contributed by atoms with Gasteiger partial charge in [0, 0.05) is 32.5 Å². The molecule has 1 fully saturated rings. The van der Waals surface area contributed by atoms with E-state index in [2.05, 4.69) is 203 Å². The van der Waals surface area contributed by atoms with Gasteiger partial charge in [-0.25, -0.2) is 0 Å². The van der Waals surface area contributed by atoms with Crippen molar-refractivity contribution in [3.8, 4) is 0 Å². The monoisotopic (exact) mass is 783 g/mol. The second kappa shape index (κ2) is 20.9. The Kier molecular flexibility index (Phi) is 15.8. The van der Waals surface area contributed by atoms with E-state index in [1.807, 2.05) is 6.07 Å². The van der Waals surface area contributed by atoms with Crippen LogP contribution in [0.1, 0.15) is 55.7 Å². The van der Waals surface area contributed by atoms with Crippen LogP contribution in [0.2, 0.25) is 0 Å². The van der Waals surface area contributed by atoms with E-state index in [1.165, 1.54) is 51.9 Å². The average molecular weight is 785 g/mol. The molecule has 6 aromatic carbocycles. The Morgan fingerprint density at radius 3 is 1.21 bits per heavy atom. The quantitative estimate of drug-likeness (QED) is 0.115. The van der Waals surface area contributed by atoms with Crippen molar-refractivity contribution in [1.82, 2.24) is 4.90 Å². The smallest absolute Gasteiger partial charge is 0.135 e. The van der Waals surface area contributed by atoms with Crippen LogP contribution in [0.25, 0.3) is 0 Å². The van der Waals surface area contributed by atoms with Crippen LogP contribution in [0.3, 0.4) is 0 Å². The molecule has 0 aromatic heterocycles. The number of Topliss-reactive ketones (excluding diaryl/α,β-unsaturated/α-hetero) is 1. The van der Waals surface area contributed by atoms with Gasteiger partial charge in [0.25, 0.3) is 0 Å². The van der Waals surface area contributed by atoms with Crippen LogP contribution in [0, 0.1) is 0 Å². The molecule has 0 unspecified atom stereocenters. The zero-order chi connectivity index (χ0) is 37.1. The zero-order valence-electron chi connectivity index (χ0n) is 31.3. The van der Waals surface area contributed by atoms with Gasteiger partial charge in [0.15, 0.2) is 0 Å². The van der Waals surface area contributed by atoms with Crippen LogP contribution in [0.15, 0.2) is 182 Å². The van der Waals surface area contributed by atoms with Gasteiger partial charge in [-0.3, -0.25) is 9.69 Å². The molecule has 1 aliphatic heterocycles. The fourth-order valence-corrected chi connectivity index (χ4v) is 14.8. The molecular formula is C49H55BrNOP. The topological polar surface area (TPSA) is 20.3 Å². The summed E-state index contributed by atoms with van der Waals surface area (Å²) in [5.41, 5.74) is 4.20. The molecule has 1 aliphatic rings. The number of carbonyl (C=O) groups excluding carboxylic acids is 1. The first-order valence-corrected chi connectivity index (χ1v) is 23.7. The van der Waals surface area contributed by atoms with E-state index in [4.69, 9.17) is 0 Å². The molecule has 2 nitrogen and oxygen atoms in total. The number of hydrogen-bond donors (Lipinski definition) is 0. The number of likely N-dealkylation sites (tertiary alicyclic amines) is 1. The number of halogens is 1. The van der Waals surface area contributed by atoms with Crippen LogP contribution >= 0.6 is 20.8 Å². The largest absolute Gasteiger partial charge is 0.300 e. The maximum absolute atomic E-state index is 11.0. The summed E-state index contributed by atoms with van der Waals surface area (Å²) in [7, 11) is 0. The fourth-order valence-electron chi connectivity index (χ4n) is 7.10. The number of aryl methyl sites for hydroxylation is 2. The Morgan fingerprint density at radius 2 is 0.830 bits per heavy atom. The van der Waals surface area contributed by atoms with Gasteiger partial charge in [-0.1, -0.05) is 74.0 Å². The van der Waals surface area contributed by atoms with Crippen LogP contribution in [0.5, 0.6) is 0 Å². The number of hydrogen-bond acceptors (Lipinski definition) is 2. The average Bonchev–Trinajstić information content (AvgIpc) is 3.23. The van der Waals surface area contributed by atoms with Crippen molar-refractivity contribution in [2.45, 2.75) is 58.4 Å². The van der Waals surface area contributed by atoms with Crippen LogP contribution in [-0.4, -0.2) is 29.9 Å². The van der Waals surface area contributed by atoms with Crippen molar-refractivity contribution < 1.29 is 4.79 Å². The van der Waals surface area contributed by atoms with E-state index in [-0.39, 0.29) is 0 Å². The van der Waals surface area contributed by atoms with E-state index in [0.29, 0.717) is 5.78 Å². The molecule has 1 saturated heterocycles. The Labute approximate surface area is 327 Å². The first-order valence-electron chi connectivity index (χ1n) is 19.2. The van der Waals surface area contributed by atoms with Gasteiger partial charge in [-0.2, -0.15) is 0 Å². The summed E-state index contributed by atoms with van der Waals surface area (Å²) in [5, 5.41) is 1.40. The van der Waals surface area contributed by atoms with Crippen molar-refractivity contribution in [3.63, 3.8) is 0 Å². The number of carbonyl (C=O) groups is 1. The first-order chi connectivity index (χ1) is 26.0. The third kappa shape index (κ3) is 11.4.